The van der Waals surface area contributed by atoms with Crippen LogP contribution in [-0.4, -0.2) is 45.5 Å². The molecule has 3 heterocycles. The summed E-state index contributed by atoms with van der Waals surface area (Å²) in [6, 6.07) is 8.47. The van der Waals surface area contributed by atoms with Crippen molar-refractivity contribution in [3.63, 3.8) is 0 Å². The third kappa shape index (κ3) is 4.27. The van der Waals surface area contributed by atoms with Crippen molar-refractivity contribution in [1.82, 2.24) is 14.9 Å². The van der Waals surface area contributed by atoms with E-state index in [1.165, 1.54) is 0 Å². The number of carbonyl (C=O) groups is 1. The van der Waals surface area contributed by atoms with Crippen LogP contribution in [0.1, 0.15) is 20.8 Å². The Kier molecular flexibility index (Phi) is 5.38. The van der Waals surface area contributed by atoms with Gasteiger partial charge in [-0.3, -0.25) is 19.8 Å². The van der Waals surface area contributed by atoms with E-state index >= 15 is 0 Å². The lowest BCUT2D eigenvalue weighted by atomic mass is 10.2. The minimum absolute atomic E-state index is 0.207. The summed E-state index contributed by atoms with van der Waals surface area (Å²) in [4.78, 5) is 31.7. The Hall–Kier alpha value is -3.81. The van der Waals surface area contributed by atoms with Gasteiger partial charge in [0.15, 0.2) is 5.58 Å². The molecule has 0 radical (unpaired) electrons. The summed E-state index contributed by atoms with van der Waals surface area (Å²) in [6.07, 6.45) is 7.01. The van der Waals surface area contributed by atoms with Crippen LogP contribution in [-0.2, 0) is 4.79 Å². The Morgan fingerprint density at radius 3 is 2.83 bits per heavy atom. The highest BCUT2D eigenvalue weighted by atomic mass is 16.3. The third-order valence-electron chi connectivity index (χ3n) is 4.73. The van der Waals surface area contributed by atoms with Gasteiger partial charge in [-0.15, -0.1) is 0 Å². The molecule has 30 heavy (non-hydrogen) atoms. The first kappa shape index (κ1) is 19.5. The fourth-order valence-corrected chi connectivity index (χ4v) is 2.98. The minimum atomic E-state index is -0.551. The normalized spacial score (nSPS) is 15.2. The van der Waals surface area contributed by atoms with E-state index in [2.05, 4.69) is 25.3 Å². The summed E-state index contributed by atoms with van der Waals surface area (Å²) in [5.74, 6) is 0.304. The second kappa shape index (κ2) is 8.28. The summed E-state index contributed by atoms with van der Waals surface area (Å²) in [5, 5.41) is 2.88. The van der Waals surface area contributed by atoms with Crippen LogP contribution >= 0.6 is 0 Å². The highest BCUT2D eigenvalue weighted by molar-refractivity contribution is 5.97. The number of hydrogen-bond acceptors (Lipinski definition) is 6. The zero-order valence-electron chi connectivity index (χ0n) is 17.0. The first-order valence-corrected chi connectivity index (χ1v) is 9.61. The number of nitrogens with one attached hydrogen (secondary N) is 1. The Morgan fingerprint density at radius 2 is 2.07 bits per heavy atom. The van der Waals surface area contributed by atoms with Crippen molar-refractivity contribution in [2.24, 2.45) is 9.98 Å². The zero-order chi connectivity index (χ0) is 21.1. The molecule has 0 bridgehead atoms. The molecule has 0 saturated carbocycles. The number of carbonyl (C=O) groups excluding carboxylic acids is 1. The molecule has 1 amide bonds. The SMILES string of the molecule is CC1=CC(C)=NCN1C=NC(C)C(=O)Nc1ccc2oc(-c3ccncc3)nc2c1. The summed E-state index contributed by atoms with van der Waals surface area (Å²) >= 11 is 0. The number of anilines is 1. The highest BCUT2D eigenvalue weighted by Gasteiger charge is 2.14. The van der Waals surface area contributed by atoms with Gasteiger partial charge in [0.25, 0.3) is 0 Å². The van der Waals surface area contributed by atoms with Crippen LogP contribution in [0, 0.1) is 0 Å². The smallest absolute Gasteiger partial charge is 0.248 e. The lowest BCUT2D eigenvalue weighted by Crippen LogP contribution is -2.28. The van der Waals surface area contributed by atoms with Crippen LogP contribution in [0.25, 0.3) is 22.6 Å². The van der Waals surface area contributed by atoms with Crippen molar-refractivity contribution in [3.05, 3.63) is 54.5 Å². The molecule has 152 valence electrons. The standard InChI is InChI=1S/C22H22N6O2/c1-14-10-15(2)28(12-24-14)13-25-16(3)21(29)26-18-4-5-20-19(11-18)27-22(30-20)17-6-8-23-9-7-17/h4-11,13,16H,12H2,1-3H3,(H,26,29). The number of rotatable bonds is 5. The maximum atomic E-state index is 12.5. The van der Waals surface area contributed by atoms with Crippen molar-refractivity contribution in [1.29, 1.82) is 0 Å². The number of aromatic nitrogens is 2. The van der Waals surface area contributed by atoms with Gasteiger partial charge in [-0.2, -0.15) is 0 Å². The molecular weight excluding hydrogens is 380 g/mol. The van der Waals surface area contributed by atoms with Gasteiger partial charge >= 0.3 is 0 Å². The predicted molar refractivity (Wildman–Crippen MR) is 117 cm³/mol. The van der Waals surface area contributed by atoms with E-state index in [1.807, 2.05) is 37.0 Å². The van der Waals surface area contributed by atoms with Crippen molar-refractivity contribution in [3.8, 4) is 11.5 Å². The van der Waals surface area contributed by atoms with Crippen molar-refractivity contribution in [2.75, 3.05) is 12.0 Å². The van der Waals surface area contributed by atoms with Gasteiger partial charge in [-0.25, -0.2) is 4.98 Å². The number of amides is 1. The quantitative estimate of drug-likeness (QED) is 0.516. The van der Waals surface area contributed by atoms with Gasteiger partial charge < -0.3 is 14.6 Å². The summed E-state index contributed by atoms with van der Waals surface area (Å²) in [6.45, 7) is 6.20. The van der Waals surface area contributed by atoms with Crippen LogP contribution < -0.4 is 5.32 Å². The van der Waals surface area contributed by atoms with Crippen LogP contribution in [0.2, 0.25) is 0 Å². The lowest BCUT2D eigenvalue weighted by molar-refractivity contribution is -0.117. The van der Waals surface area contributed by atoms with Crippen LogP contribution in [0.5, 0.6) is 0 Å². The van der Waals surface area contributed by atoms with E-state index in [-0.39, 0.29) is 5.91 Å². The number of pyridine rings is 1. The van der Waals surface area contributed by atoms with Crippen LogP contribution in [0.4, 0.5) is 5.69 Å². The van der Waals surface area contributed by atoms with Gasteiger partial charge in [-0.05, 0) is 57.2 Å². The first-order valence-electron chi connectivity index (χ1n) is 9.61. The third-order valence-corrected chi connectivity index (χ3v) is 4.73. The Morgan fingerprint density at radius 1 is 1.27 bits per heavy atom. The molecule has 1 N–H and O–H groups in total. The van der Waals surface area contributed by atoms with Crippen molar-refractivity contribution < 1.29 is 9.21 Å². The number of nitrogens with zero attached hydrogens (tertiary/aromatic N) is 5. The van der Waals surface area contributed by atoms with E-state index in [0.29, 0.717) is 29.3 Å². The number of oxazole rings is 1. The Labute approximate surface area is 174 Å². The van der Waals surface area contributed by atoms with E-state index in [4.69, 9.17) is 4.42 Å². The van der Waals surface area contributed by atoms with E-state index in [9.17, 15) is 4.79 Å². The molecule has 0 saturated heterocycles. The number of fused-ring (bicyclic) bond motifs is 1. The minimum Gasteiger partial charge on any atom is -0.436 e. The maximum absolute atomic E-state index is 12.5. The molecule has 1 unspecified atom stereocenters. The van der Waals surface area contributed by atoms with Crippen LogP contribution in [0.3, 0.4) is 0 Å². The first-order chi connectivity index (χ1) is 14.5. The predicted octanol–water partition coefficient (Wildman–Crippen LogP) is 3.88. The van der Waals surface area contributed by atoms with Gasteiger partial charge in [0.05, 0.1) is 6.34 Å². The maximum Gasteiger partial charge on any atom is 0.248 e. The molecule has 1 atom stereocenters. The highest BCUT2D eigenvalue weighted by Crippen LogP contribution is 2.26. The number of benzene rings is 1. The van der Waals surface area contributed by atoms with Gasteiger partial charge in [0.2, 0.25) is 11.8 Å². The summed E-state index contributed by atoms with van der Waals surface area (Å²) in [7, 11) is 0. The molecule has 8 nitrogen and oxygen atoms in total. The molecule has 0 spiro atoms. The number of aliphatic imine (C=N–C) groups is 2. The second-order valence-electron chi connectivity index (χ2n) is 7.06. The van der Waals surface area contributed by atoms with E-state index in [1.54, 1.807) is 43.9 Å². The summed E-state index contributed by atoms with van der Waals surface area (Å²) < 4.78 is 5.79. The molecule has 4 rings (SSSR count). The largest absolute Gasteiger partial charge is 0.436 e. The molecular formula is C22H22N6O2. The molecule has 8 heteroatoms. The van der Waals surface area contributed by atoms with Crippen LogP contribution in [0.15, 0.2) is 68.9 Å². The van der Waals surface area contributed by atoms with E-state index < -0.39 is 6.04 Å². The average molecular weight is 402 g/mol. The summed E-state index contributed by atoms with van der Waals surface area (Å²) in [5.41, 5.74) is 4.82. The molecule has 0 aliphatic carbocycles. The molecule has 3 aromatic rings. The topological polar surface area (TPSA) is 96.0 Å². The van der Waals surface area contributed by atoms with Crippen molar-refractivity contribution in [2.45, 2.75) is 26.8 Å². The van der Waals surface area contributed by atoms with Gasteiger partial charge in [-0.1, -0.05) is 0 Å². The van der Waals surface area contributed by atoms with Crippen molar-refractivity contribution >= 4 is 34.7 Å². The van der Waals surface area contributed by atoms with E-state index in [0.717, 1.165) is 17.0 Å². The Bertz CT molecular complexity index is 1160. The lowest BCUT2D eigenvalue weighted by Gasteiger charge is -2.22. The molecule has 1 aromatic carbocycles. The number of allylic oxidation sites excluding steroid dienone is 2. The van der Waals surface area contributed by atoms with Gasteiger partial charge in [0.1, 0.15) is 18.2 Å². The molecule has 2 aromatic heterocycles. The average Bonchev–Trinajstić information content (AvgIpc) is 3.17. The zero-order valence-corrected chi connectivity index (χ0v) is 17.0. The molecule has 1 aliphatic rings. The monoisotopic (exact) mass is 402 g/mol. The van der Waals surface area contributed by atoms with Gasteiger partial charge in [0, 0.05) is 35.1 Å². The number of hydrogen-bond donors (Lipinski definition) is 1. The molecule has 0 fully saturated rings. The molecule has 1 aliphatic heterocycles. The Balaban J connectivity index is 1.43. The fraction of sp³-hybridized carbons (Fsp3) is 0.227. The fourth-order valence-electron chi connectivity index (χ4n) is 2.98. The second-order valence-corrected chi connectivity index (χ2v) is 7.06.